The van der Waals surface area contributed by atoms with Crippen molar-refractivity contribution >= 4 is 0 Å². The Morgan fingerprint density at radius 1 is 1.16 bits per heavy atom. The summed E-state index contributed by atoms with van der Waals surface area (Å²) in [5.74, 6) is 0.898. The first-order chi connectivity index (χ1) is 9.24. The maximum absolute atomic E-state index is 13.0. The Kier molecular flexibility index (Phi) is 3.85. The first-order valence-electron chi connectivity index (χ1n) is 7.41. The third-order valence-corrected chi connectivity index (χ3v) is 4.54. The Balaban J connectivity index is 1.63. The molecule has 3 heteroatoms. The van der Waals surface area contributed by atoms with Gasteiger partial charge in [-0.05, 0) is 55.2 Å². The van der Waals surface area contributed by atoms with Crippen LogP contribution in [0, 0.1) is 17.7 Å². The van der Waals surface area contributed by atoms with Crippen LogP contribution in [0.3, 0.4) is 0 Å². The van der Waals surface area contributed by atoms with E-state index in [0.29, 0.717) is 17.9 Å². The predicted molar refractivity (Wildman–Crippen MR) is 73.2 cm³/mol. The van der Waals surface area contributed by atoms with Gasteiger partial charge in [-0.25, -0.2) is 4.39 Å². The zero-order chi connectivity index (χ0) is 13.2. The Bertz CT molecular complexity index is 415. The number of hydrogen-bond donors (Lipinski definition) is 2. The van der Waals surface area contributed by atoms with Gasteiger partial charge in [-0.3, -0.25) is 0 Å². The monoisotopic (exact) mass is 263 g/mol. The molecule has 19 heavy (non-hydrogen) atoms. The van der Waals surface area contributed by atoms with Crippen molar-refractivity contribution in [2.75, 3.05) is 6.54 Å². The van der Waals surface area contributed by atoms with Gasteiger partial charge in [0.25, 0.3) is 0 Å². The van der Waals surface area contributed by atoms with E-state index in [0.717, 1.165) is 25.8 Å². The van der Waals surface area contributed by atoms with Crippen LogP contribution in [0.5, 0.6) is 0 Å². The van der Waals surface area contributed by atoms with Crippen LogP contribution in [0.1, 0.15) is 43.7 Å². The number of halogens is 1. The van der Waals surface area contributed by atoms with E-state index < -0.39 is 0 Å². The molecule has 3 rings (SSSR count). The molecule has 2 nitrogen and oxygen atoms in total. The van der Waals surface area contributed by atoms with Crippen LogP contribution in [-0.2, 0) is 0 Å². The van der Waals surface area contributed by atoms with Gasteiger partial charge in [-0.15, -0.1) is 0 Å². The van der Waals surface area contributed by atoms with Crippen LogP contribution in [0.4, 0.5) is 4.39 Å². The molecule has 2 N–H and O–H groups in total. The molecule has 1 aromatic carbocycles. The normalized spacial score (nSPS) is 28.5. The van der Waals surface area contributed by atoms with Crippen LogP contribution >= 0.6 is 0 Å². The van der Waals surface area contributed by atoms with E-state index in [1.165, 1.54) is 30.5 Å². The Morgan fingerprint density at radius 3 is 2.47 bits per heavy atom. The third kappa shape index (κ3) is 3.15. The zero-order valence-electron chi connectivity index (χ0n) is 11.2. The second-order valence-corrected chi connectivity index (χ2v) is 6.03. The van der Waals surface area contributed by atoms with Crippen LogP contribution in [0.25, 0.3) is 0 Å². The molecule has 104 valence electrons. The van der Waals surface area contributed by atoms with Crippen molar-refractivity contribution in [3.05, 3.63) is 35.6 Å². The largest absolute Gasteiger partial charge is 0.393 e. The minimum atomic E-state index is -0.176. The maximum atomic E-state index is 13.0. The van der Waals surface area contributed by atoms with Crippen molar-refractivity contribution < 1.29 is 9.50 Å². The third-order valence-electron chi connectivity index (χ3n) is 4.54. The smallest absolute Gasteiger partial charge is 0.123 e. The summed E-state index contributed by atoms with van der Waals surface area (Å²) < 4.78 is 13.0. The average Bonchev–Trinajstić information content (AvgIpc) is 3.16. The topological polar surface area (TPSA) is 32.3 Å². The maximum Gasteiger partial charge on any atom is 0.123 e. The van der Waals surface area contributed by atoms with Crippen molar-refractivity contribution in [2.45, 2.75) is 44.2 Å². The molecule has 2 aliphatic carbocycles. The quantitative estimate of drug-likeness (QED) is 0.856. The van der Waals surface area contributed by atoms with E-state index in [4.69, 9.17) is 0 Å². The summed E-state index contributed by atoms with van der Waals surface area (Å²) in [5, 5.41) is 13.5. The Labute approximate surface area is 114 Å². The van der Waals surface area contributed by atoms with Crippen LogP contribution in [0.15, 0.2) is 24.3 Å². The molecule has 3 unspecified atom stereocenters. The van der Waals surface area contributed by atoms with Gasteiger partial charge >= 0.3 is 0 Å². The number of aliphatic hydroxyl groups excluding tert-OH is 1. The minimum Gasteiger partial charge on any atom is -0.393 e. The molecule has 0 aliphatic heterocycles. The fourth-order valence-electron chi connectivity index (χ4n) is 3.19. The highest BCUT2D eigenvalue weighted by Gasteiger charge is 2.33. The highest BCUT2D eigenvalue weighted by atomic mass is 19.1. The molecular formula is C16H22FNO. The van der Waals surface area contributed by atoms with E-state index in [9.17, 15) is 9.50 Å². The highest BCUT2D eigenvalue weighted by molar-refractivity contribution is 5.22. The molecule has 0 spiro atoms. The van der Waals surface area contributed by atoms with E-state index in [1.807, 2.05) is 12.1 Å². The molecule has 0 aromatic heterocycles. The highest BCUT2D eigenvalue weighted by Crippen LogP contribution is 2.41. The Hall–Kier alpha value is -0.930. The molecule has 3 atom stereocenters. The van der Waals surface area contributed by atoms with Gasteiger partial charge in [-0.2, -0.15) is 0 Å². The molecule has 2 fully saturated rings. The first-order valence-corrected chi connectivity index (χ1v) is 7.41. The van der Waals surface area contributed by atoms with Crippen molar-refractivity contribution in [1.29, 1.82) is 0 Å². The molecule has 0 heterocycles. The summed E-state index contributed by atoms with van der Waals surface area (Å²) in [4.78, 5) is 0. The fourth-order valence-corrected chi connectivity index (χ4v) is 3.19. The van der Waals surface area contributed by atoms with Gasteiger partial charge in [0.05, 0.1) is 6.10 Å². The second kappa shape index (κ2) is 5.59. The van der Waals surface area contributed by atoms with E-state index in [-0.39, 0.29) is 11.9 Å². The van der Waals surface area contributed by atoms with Gasteiger partial charge in [0.15, 0.2) is 0 Å². The van der Waals surface area contributed by atoms with Gasteiger partial charge < -0.3 is 10.4 Å². The second-order valence-electron chi connectivity index (χ2n) is 6.03. The van der Waals surface area contributed by atoms with Crippen molar-refractivity contribution in [2.24, 2.45) is 11.8 Å². The van der Waals surface area contributed by atoms with Crippen molar-refractivity contribution in [1.82, 2.24) is 5.32 Å². The van der Waals surface area contributed by atoms with Crippen molar-refractivity contribution in [3.63, 3.8) is 0 Å². The van der Waals surface area contributed by atoms with Gasteiger partial charge in [-0.1, -0.05) is 18.6 Å². The number of nitrogens with one attached hydrogen (secondary N) is 1. The molecule has 2 saturated carbocycles. The number of benzene rings is 1. The van der Waals surface area contributed by atoms with E-state index >= 15 is 0 Å². The summed E-state index contributed by atoms with van der Waals surface area (Å²) in [5.41, 5.74) is 1.18. The number of rotatable bonds is 5. The average molecular weight is 263 g/mol. The van der Waals surface area contributed by atoms with Crippen molar-refractivity contribution in [3.8, 4) is 0 Å². The van der Waals surface area contributed by atoms with Gasteiger partial charge in [0.2, 0.25) is 0 Å². The molecule has 0 radical (unpaired) electrons. The molecule has 0 bridgehead atoms. The predicted octanol–water partition coefficient (Wildman–Crippen LogP) is 3.03. The molecule has 0 amide bonds. The lowest BCUT2D eigenvalue weighted by Gasteiger charge is -2.22. The fraction of sp³-hybridized carbons (Fsp3) is 0.625. The lowest BCUT2D eigenvalue weighted by Crippen LogP contribution is -2.31. The lowest BCUT2D eigenvalue weighted by atomic mass is 10.00. The minimum absolute atomic E-state index is 0.138. The standard InChI is InChI=1S/C16H22FNO/c17-14-8-6-12(7-9-14)16(11-4-5-11)18-10-13-2-1-3-15(13)19/h6-9,11,13,15-16,18-19H,1-5,10H2. The van der Waals surface area contributed by atoms with Crippen LogP contribution < -0.4 is 5.32 Å². The van der Waals surface area contributed by atoms with E-state index in [2.05, 4.69) is 5.32 Å². The summed E-state index contributed by atoms with van der Waals surface area (Å²) in [7, 11) is 0. The van der Waals surface area contributed by atoms with Crippen LogP contribution in [0.2, 0.25) is 0 Å². The Morgan fingerprint density at radius 2 is 1.89 bits per heavy atom. The van der Waals surface area contributed by atoms with Crippen LogP contribution in [-0.4, -0.2) is 17.8 Å². The SMILES string of the molecule is OC1CCCC1CNC(c1ccc(F)cc1)C1CC1. The molecule has 2 aliphatic rings. The van der Waals surface area contributed by atoms with Gasteiger partial charge in [0.1, 0.15) is 5.82 Å². The van der Waals surface area contributed by atoms with E-state index in [1.54, 1.807) is 0 Å². The number of aliphatic hydroxyl groups is 1. The molecular weight excluding hydrogens is 241 g/mol. The lowest BCUT2D eigenvalue weighted by molar-refractivity contribution is 0.129. The summed E-state index contributed by atoms with van der Waals surface area (Å²) in [6.45, 7) is 0.875. The summed E-state index contributed by atoms with van der Waals surface area (Å²) in [6, 6.07) is 7.17. The summed E-state index contributed by atoms with van der Waals surface area (Å²) in [6.07, 6.45) is 5.56. The summed E-state index contributed by atoms with van der Waals surface area (Å²) >= 11 is 0. The molecule has 0 saturated heterocycles. The zero-order valence-corrected chi connectivity index (χ0v) is 11.2. The van der Waals surface area contributed by atoms with Gasteiger partial charge in [0, 0.05) is 12.6 Å². The molecule has 1 aromatic rings. The first kappa shape index (κ1) is 13.1. The number of hydrogen-bond acceptors (Lipinski definition) is 2.